The molecule has 2 aromatic rings. The van der Waals surface area contributed by atoms with Gasteiger partial charge in [0.1, 0.15) is 11.5 Å². The molecule has 0 aliphatic carbocycles. The first-order chi connectivity index (χ1) is 17.3. The van der Waals surface area contributed by atoms with Crippen molar-refractivity contribution in [2.75, 3.05) is 19.0 Å². The molecular formula is C22H22F6N2O6S. The van der Waals surface area contributed by atoms with Crippen LogP contribution in [0, 0.1) is 0 Å². The van der Waals surface area contributed by atoms with E-state index >= 15 is 0 Å². The fourth-order valence-electron chi connectivity index (χ4n) is 2.78. The monoisotopic (exact) mass is 556 g/mol. The van der Waals surface area contributed by atoms with Crippen LogP contribution in [0.5, 0.6) is 11.5 Å². The van der Waals surface area contributed by atoms with Crippen LogP contribution in [0.25, 0.3) is 0 Å². The molecule has 15 heteroatoms. The maximum absolute atomic E-state index is 13.3. The van der Waals surface area contributed by atoms with Crippen LogP contribution in [0.15, 0.2) is 58.8 Å². The van der Waals surface area contributed by atoms with Gasteiger partial charge in [0, 0.05) is 17.5 Å². The maximum atomic E-state index is 13.3. The van der Waals surface area contributed by atoms with Crippen molar-refractivity contribution in [3.63, 3.8) is 0 Å². The lowest BCUT2D eigenvalue weighted by molar-refractivity contribution is -0.0608. The number of benzene rings is 2. The van der Waals surface area contributed by atoms with Crippen molar-refractivity contribution >= 4 is 21.5 Å². The van der Waals surface area contributed by atoms with Gasteiger partial charge < -0.3 is 14.7 Å². The van der Waals surface area contributed by atoms with Crippen LogP contribution in [0.3, 0.4) is 0 Å². The Morgan fingerprint density at radius 2 is 1.24 bits per heavy atom. The SMILES string of the molecule is CCCS(=O)(=O)O/N=C(/c1ccc(OCCCOc2ccc(/C(=N/O)C(F)(F)F)cc2)cc1)C(F)(F)F. The first-order valence-corrected chi connectivity index (χ1v) is 12.2. The molecule has 2 aromatic carbocycles. The predicted octanol–water partition coefficient (Wildman–Crippen LogP) is 5.30. The van der Waals surface area contributed by atoms with Crippen LogP contribution in [-0.4, -0.2) is 56.4 Å². The second kappa shape index (κ2) is 12.7. The number of hydrogen-bond acceptors (Lipinski definition) is 8. The van der Waals surface area contributed by atoms with Crippen molar-refractivity contribution < 1.29 is 53.7 Å². The molecule has 8 nitrogen and oxygen atoms in total. The summed E-state index contributed by atoms with van der Waals surface area (Å²) >= 11 is 0. The molecule has 0 saturated carbocycles. The Kier molecular flexibility index (Phi) is 10.2. The van der Waals surface area contributed by atoms with E-state index in [1.165, 1.54) is 31.2 Å². The van der Waals surface area contributed by atoms with Crippen molar-refractivity contribution in [1.29, 1.82) is 0 Å². The lowest BCUT2D eigenvalue weighted by Gasteiger charge is -2.12. The predicted molar refractivity (Wildman–Crippen MR) is 121 cm³/mol. The lowest BCUT2D eigenvalue weighted by Crippen LogP contribution is -2.25. The smallest absolute Gasteiger partial charge is 0.437 e. The average Bonchev–Trinajstić information content (AvgIpc) is 2.79. The number of rotatable bonds is 12. The van der Waals surface area contributed by atoms with Gasteiger partial charge in [0.05, 0.1) is 19.0 Å². The second-order valence-electron chi connectivity index (χ2n) is 7.32. The van der Waals surface area contributed by atoms with Gasteiger partial charge in [0.2, 0.25) is 0 Å². The van der Waals surface area contributed by atoms with Gasteiger partial charge in [-0.1, -0.05) is 17.2 Å². The molecule has 0 amide bonds. The zero-order valence-corrected chi connectivity index (χ0v) is 20.0. The van der Waals surface area contributed by atoms with Gasteiger partial charge in [0.15, 0.2) is 11.4 Å². The van der Waals surface area contributed by atoms with Gasteiger partial charge in [-0.2, -0.15) is 34.8 Å². The normalized spacial score (nSPS) is 13.4. The molecule has 1 N–H and O–H groups in total. The van der Waals surface area contributed by atoms with E-state index in [2.05, 4.69) is 14.6 Å². The molecule has 0 bridgehead atoms. The topological polar surface area (TPSA) is 107 Å². The largest absolute Gasteiger partial charge is 0.493 e. The molecule has 0 fully saturated rings. The van der Waals surface area contributed by atoms with E-state index in [1.807, 2.05) is 0 Å². The minimum absolute atomic E-state index is 0.103. The van der Waals surface area contributed by atoms with Crippen LogP contribution in [0.1, 0.15) is 30.9 Å². The zero-order chi connectivity index (χ0) is 27.7. The second-order valence-corrected chi connectivity index (χ2v) is 8.99. The molecule has 0 aliphatic heterocycles. The van der Waals surface area contributed by atoms with E-state index in [-0.39, 0.29) is 36.7 Å². The third-order valence-electron chi connectivity index (χ3n) is 4.41. The summed E-state index contributed by atoms with van der Waals surface area (Å²) in [4.78, 5) is 0. The highest BCUT2D eigenvalue weighted by Crippen LogP contribution is 2.26. The summed E-state index contributed by atoms with van der Waals surface area (Å²) in [5, 5.41) is 13.6. The Hall–Kier alpha value is -3.49. The van der Waals surface area contributed by atoms with Crippen LogP contribution in [0.2, 0.25) is 0 Å². The molecular weight excluding hydrogens is 534 g/mol. The highest BCUT2D eigenvalue weighted by molar-refractivity contribution is 7.86. The van der Waals surface area contributed by atoms with Crippen LogP contribution in [-0.2, 0) is 14.4 Å². The van der Waals surface area contributed by atoms with E-state index < -0.39 is 45.2 Å². The van der Waals surface area contributed by atoms with Gasteiger partial charge in [-0.15, -0.1) is 0 Å². The van der Waals surface area contributed by atoms with E-state index in [0.29, 0.717) is 6.42 Å². The number of ether oxygens (including phenoxy) is 2. The van der Waals surface area contributed by atoms with E-state index in [0.717, 1.165) is 24.3 Å². The van der Waals surface area contributed by atoms with E-state index in [9.17, 15) is 34.8 Å². The minimum Gasteiger partial charge on any atom is -0.493 e. The number of alkyl halides is 6. The molecule has 0 aromatic heterocycles. The molecule has 0 atom stereocenters. The molecule has 0 unspecified atom stereocenters. The van der Waals surface area contributed by atoms with Crippen LogP contribution >= 0.6 is 0 Å². The Labute approximate surface area is 208 Å². The number of oxime groups is 2. The zero-order valence-electron chi connectivity index (χ0n) is 19.2. The fourth-order valence-corrected chi connectivity index (χ4v) is 3.55. The van der Waals surface area contributed by atoms with E-state index in [4.69, 9.17) is 14.7 Å². The van der Waals surface area contributed by atoms with Crippen molar-refractivity contribution in [1.82, 2.24) is 0 Å². The van der Waals surface area contributed by atoms with Gasteiger partial charge in [-0.3, -0.25) is 4.28 Å². The minimum atomic E-state index is -4.97. The summed E-state index contributed by atoms with van der Waals surface area (Å²) in [5.41, 5.74) is -3.74. The molecule has 0 heterocycles. The van der Waals surface area contributed by atoms with Crippen LogP contribution in [0.4, 0.5) is 26.3 Å². The molecule has 204 valence electrons. The Bertz CT molecular complexity index is 1180. The van der Waals surface area contributed by atoms with Gasteiger partial charge in [-0.05, 0) is 55.0 Å². The molecule has 0 spiro atoms. The molecule has 2 rings (SSSR count). The Balaban J connectivity index is 1.89. The summed E-state index contributed by atoms with van der Waals surface area (Å²) in [6, 6.07) is 9.25. The third-order valence-corrected chi connectivity index (χ3v) is 5.62. The van der Waals surface area contributed by atoms with Crippen molar-refractivity contribution in [2.24, 2.45) is 10.3 Å². The van der Waals surface area contributed by atoms with Gasteiger partial charge >= 0.3 is 22.5 Å². The maximum Gasteiger partial charge on any atom is 0.437 e. The molecule has 37 heavy (non-hydrogen) atoms. The Morgan fingerprint density at radius 3 is 1.62 bits per heavy atom. The fraction of sp³-hybridized carbons (Fsp3) is 0.364. The standard InChI is InChI=1S/C22H22F6N2O6S/c1-2-14-37(32,33)36-30-20(22(26,27)28)16-6-10-18(11-7-16)35-13-3-12-34-17-8-4-15(5-9-17)19(29-31)21(23,24)25/h4-11,31H,2-3,12-14H2,1H3/b29-19-,30-20-. The summed E-state index contributed by atoms with van der Waals surface area (Å²) < 4.78 is 116. The van der Waals surface area contributed by atoms with Gasteiger partial charge in [0.25, 0.3) is 0 Å². The van der Waals surface area contributed by atoms with E-state index in [1.54, 1.807) is 0 Å². The highest BCUT2D eigenvalue weighted by atomic mass is 32.2. The summed E-state index contributed by atoms with van der Waals surface area (Å²) in [6.07, 6.45) is -9.32. The van der Waals surface area contributed by atoms with Crippen molar-refractivity contribution in [3.8, 4) is 11.5 Å². The third kappa shape index (κ3) is 9.48. The number of halogens is 6. The first kappa shape index (κ1) is 29.7. The lowest BCUT2D eigenvalue weighted by atomic mass is 10.1. The average molecular weight is 556 g/mol. The first-order valence-electron chi connectivity index (χ1n) is 10.6. The van der Waals surface area contributed by atoms with Crippen molar-refractivity contribution in [2.45, 2.75) is 32.1 Å². The summed E-state index contributed by atoms with van der Waals surface area (Å²) in [5.74, 6) is -0.00661. The van der Waals surface area contributed by atoms with Crippen molar-refractivity contribution in [3.05, 3.63) is 59.7 Å². The molecule has 0 radical (unpaired) electrons. The summed E-state index contributed by atoms with van der Waals surface area (Å²) in [7, 11) is -4.24. The Morgan fingerprint density at radius 1 is 0.811 bits per heavy atom. The van der Waals surface area contributed by atoms with Crippen LogP contribution < -0.4 is 9.47 Å². The molecule has 0 saturated heterocycles. The number of nitrogens with zero attached hydrogens (tertiary/aromatic N) is 2. The summed E-state index contributed by atoms with van der Waals surface area (Å²) in [6.45, 7) is 1.74. The highest BCUT2D eigenvalue weighted by Gasteiger charge is 2.39. The molecule has 0 aliphatic rings. The quantitative estimate of drug-likeness (QED) is 0.125. The number of hydrogen-bond donors (Lipinski definition) is 1. The van der Waals surface area contributed by atoms with Gasteiger partial charge in [-0.25, -0.2) is 0 Å².